The first kappa shape index (κ1) is 12.8. The van der Waals surface area contributed by atoms with Gasteiger partial charge >= 0.3 is 6.61 Å². The SMILES string of the molecule is CC(O)(c1ccccc1OC(F)F)C(F)F. The van der Waals surface area contributed by atoms with Crippen molar-refractivity contribution in [3.63, 3.8) is 0 Å². The van der Waals surface area contributed by atoms with Crippen LogP contribution in [0.3, 0.4) is 0 Å². The lowest BCUT2D eigenvalue weighted by atomic mass is 9.96. The molecule has 16 heavy (non-hydrogen) atoms. The van der Waals surface area contributed by atoms with E-state index in [0.717, 1.165) is 19.1 Å². The van der Waals surface area contributed by atoms with Gasteiger partial charge in [0.2, 0.25) is 0 Å². The molecule has 90 valence electrons. The Morgan fingerprint density at radius 2 is 1.75 bits per heavy atom. The Morgan fingerprint density at radius 3 is 2.25 bits per heavy atom. The summed E-state index contributed by atoms with van der Waals surface area (Å²) >= 11 is 0. The fourth-order valence-corrected chi connectivity index (χ4v) is 1.20. The molecule has 0 saturated carbocycles. The molecule has 0 bridgehead atoms. The first-order chi connectivity index (χ1) is 7.35. The lowest BCUT2D eigenvalue weighted by Gasteiger charge is -2.24. The van der Waals surface area contributed by atoms with Crippen LogP contribution in [0.4, 0.5) is 17.6 Å². The van der Waals surface area contributed by atoms with Crippen molar-refractivity contribution in [2.45, 2.75) is 25.6 Å². The highest BCUT2D eigenvalue weighted by molar-refractivity contribution is 5.38. The van der Waals surface area contributed by atoms with Crippen molar-refractivity contribution in [2.75, 3.05) is 0 Å². The monoisotopic (exact) mass is 238 g/mol. The van der Waals surface area contributed by atoms with Crippen LogP contribution in [0.5, 0.6) is 5.75 Å². The highest BCUT2D eigenvalue weighted by Crippen LogP contribution is 2.34. The maximum atomic E-state index is 12.5. The molecule has 0 aromatic heterocycles. The maximum absolute atomic E-state index is 12.5. The lowest BCUT2D eigenvalue weighted by molar-refractivity contribution is -0.0953. The van der Waals surface area contributed by atoms with Gasteiger partial charge in [0.15, 0.2) is 5.60 Å². The highest BCUT2D eigenvalue weighted by Gasteiger charge is 2.37. The molecule has 0 spiro atoms. The topological polar surface area (TPSA) is 29.5 Å². The van der Waals surface area contributed by atoms with Gasteiger partial charge in [0, 0.05) is 5.56 Å². The first-order valence-electron chi connectivity index (χ1n) is 4.40. The molecule has 0 fully saturated rings. The van der Waals surface area contributed by atoms with Gasteiger partial charge < -0.3 is 9.84 Å². The summed E-state index contributed by atoms with van der Waals surface area (Å²) in [7, 11) is 0. The molecule has 6 heteroatoms. The van der Waals surface area contributed by atoms with Crippen LogP contribution >= 0.6 is 0 Å². The van der Waals surface area contributed by atoms with Gasteiger partial charge in [-0.3, -0.25) is 0 Å². The average molecular weight is 238 g/mol. The highest BCUT2D eigenvalue weighted by atomic mass is 19.3. The van der Waals surface area contributed by atoms with E-state index in [-0.39, 0.29) is 5.56 Å². The molecule has 2 nitrogen and oxygen atoms in total. The number of para-hydroxylation sites is 1. The zero-order chi connectivity index (χ0) is 12.3. The minimum atomic E-state index is -3.13. The maximum Gasteiger partial charge on any atom is 0.387 e. The molecule has 1 atom stereocenters. The average Bonchev–Trinajstić information content (AvgIpc) is 2.17. The van der Waals surface area contributed by atoms with Crippen LogP contribution in [-0.2, 0) is 5.60 Å². The van der Waals surface area contributed by atoms with Crippen LogP contribution < -0.4 is 4.74 Å². The van der Waals surface area contributed by atoms with E-state index in [1.165, 1.54) is 12.1 Å². The zero-order valence-corrected chi connectivity index (χ0v) is 8.33. The number of ether oxygens (including phenoxy) is 1. The molecule has 1 N–H and O–H groups in total. The third-order valence-electron chi connectivity index (χ3n) is 2.07. The van der Waals surface area contributed by atoms with E-state index in [2.05, 4.69) is 4.74 Å². The second-order valence-electron chi connectivity index (χ2n) is 3.32. The Kier molecular flexibility index (Phi) is 3.74. The van der Waals surface area contributed by atoms with E-state index in [9.17, 15) is 22.7 Å². The molecule has 0 amide bonds. The fraction of sp³-hybridized carbons (Fsp3) is 0.400. The van der Waals surface area contributed by atoms with E-state index in [0.29, 0.717) is 0 Å². The summed E-state index contributed by atoms with van der Waals surface area (Å²) in [5.41, 5.74) is -2.89. The molecular weight excluding hydrogens is 228 g/mol. The Balaban J connectivity index is 3.12. The third kappa shape index (κ3) is 2.63. The van der Waals surface area contributed by atoms with Gasteiger partial charge in [-0.05, 0) is 13.0 Å². The van der Waals surface area contributed by atoms with Gasteiger partial charge in [0.1, 0.15) is 5.75 Å². The molecule has 0 aliphatic heterocycles. The number of aliphatic hydroxyl groups is 1. The van der Waals surface area contributed by atoms with Gasteiger partial charge in [0.25, 0.3) is 6.43 Å². The number of hydrogen-bond donors (Lipinski definition) is 1. The molecule has 1 aromatic carbocycles. The van der Waals surface area contributed by atoms with E-state index in [1.54, 1.807) is 0 Å². The van der Waals surface area contributed by atoms with Crippen LogP contribution in [0.25, 0.3) is 0 Å². The Morgan fingerprint density at radius 1 is 1.19 bits per heavy atom. The molecule has 0 heterocycles. The second-order valence-corrected chi connectivity index (χ2v) is 3.32. The minimum Gasteiger partial charge on any atom is -0.434 e. The van der Waals surface area contributed by atoms with E-state index < -0.39 is 24.4 Å². The number of alkyl halides is 4. The second kappa shape index (κ2) is 4.69. The number of halogens is 4. The standard InChI is InChI=1S/C10H10F4O2/c1-10(15,8(11)12)6-4-2-3-5-7(6)16-9(13)14/h2-5,8-9,15H,1H3. The molecule has 0 aliphatic rings. The predicted octanol–water partition coefficient (Wildman–Crippen LogP) is 2.76. The van der Waals surface area contributed by atoms with Crippen LogP contribution in [-0.4, -0.2) is 18.1 Å². The number of rotatable bonds is 4. The van der Waals surface area contributed by atoms with Crippen LogP contribution in [0.2, 0.25) is 0 Å². The van der Waals surface area contributed by atoms with Crippen molar-refractivity contribution in [3.8, 4) is 5.75 Å². The summed E-state index contributed by atoms with van der Waals surface area (Å²) in [6.45, 7) is -2.29. The largest absolute Gasteiger partial charge is 0.434 e. The Labute approximate surface area is 89.5 Å². The van der Waals surface area contributed by atoms with Crippen molar-refractivity contribution >= 4 is 0 Å². The summed E-state index contributed by atoms with van der Waals surface area (Å²) in [5.74, 6) is -0.456. The number of benzene rings is 1. The van der Waals surface area contributed by atoms with Gasteiger partial charge in [-0.25, -0.2) is 8.78 Å². The summed E-state index contributed by atoms with van der Waals surface area (Å²) in [6, 6.07) is 4.91. The summed E-state index contributed by atoms with van der Waals surface area (Å²) in [4.78, 5) is 0. The van der Waals surface area contributed by atoms with Crippen molar-refractivity contribution in [3.05, 3.63) is 29.8 Å². The van der Waals surface area contributed by atoms with Crippen LogP contribution in [0.15, 0.2) is 24.3 Å². The van der Waals surface area contributed by atoms with E-state index in [4.69, 9.17) is 0 Å². The third-order valence-corrected chi connectivity index (χ3v) is 2.07. The number of hydrogen-bond acceptors (Lipinski definition) is 2. The van der Waals surface area contributed by atoms with Gasteiger partial charge in [0.05, 0.1) is 0 Å². The summed E-state index contributed by atoms with van der Waals surface area (Å²) < 4.78 is 53.1. The lowest BCUT2D eigenvalue weighted by Crippen LogP contribution is -2.31. The Hall–Kier alpha value is -1.30. The van der Waals surface area contributed by atoms with Crippen molar-refractivity contribution in [1.82, 2.24) is 0 Å². The van der Waals surface area contributed by atoms with Crippen molar-refractivity contribution in [2.24, 2.45) is 0 Å². The molecule has 0 aliphatic carbocycles. The minimum absolute atomic E-state index is 0.370. The Bertz CT molecular complexity index is 352. The van der Waals surface area contributed by atoms with Crippen LogP contribution in [0, 0.1) is 0 Å². The molecule has 0 radical (unpaired) electrons. The predicted molar refractivity (Wildman–Crippen MR) is 48.6 cm³/mol. The molecule has 1 unspecified atom stereocenters. The fourth-order valence-electron chi connectivity index (χ4n) is 1.20. The molecule has 1 aromatic rings. The smallest absolute Gasteiger partial charge is 0.387 e. The van der Waals surface area contributed by atoms with E-state index >= 15 is 0 Å². The van der Waals surface area contributed by atoms with Crippen molar-refractivity contribution < 1.29 is 27.4 Å². The van der Waals surface area contributed by atoms with Gasteiger partial charge in [-0.2, -0.15) is 8.78 Å². The molecular formula is C10H10F4O2. The normalized spacial score (nSPS) is 15.2. The quantitative estimate of drug-likeness (QED) is 0.817. The summed E-state index contributed by atoms with van der Waals surface area (Å²) in [5, 5.41) is 9.48. The van der Waals surface area contributed by atoms with Gasteiger partial charge in [-0.1, -0.05) is 18.2 Å². The van der Waals surface area contributed by atoms with Gasteiger partial charge in [-0.15, -0.1) is 0 Å². The van der Waals surface area contributed by atoms with E-state index in [1.807, 2.05) is 0 Å². The molecule has 0 saturated heterocycles. The first-order valence-corrected chi connectivity index (χ1v) is 4.40. The molecule has 1 rings (SSSR count). The zero-order valence-electron chi connectivity index (χ0n) is 8.33. The van der Waals surface area contributed by atoms with Crippen molar-refractivity contribution in [1.29, 1.82) is 0 Å². The van der Waals surface area contributed by atoms with Crippen LogP contribution in [0.1, 0.15) is 12.5 Å². The summed E-state index contributed by atoms with van der Waals surface area (Å²) in [6.07, 6.45) is -3.10.